The third-order valence-electron chi connectivity index (χ3n) is 1.84. The Labute approximate surface area is 133 Å². The molecule has 0 rings (SSSR count). The molecule has 0 radical (unpaired) electrons. The standard InChI is InChI=1S/C14H28N8/c1-19(2)9-15-13(16-10-20(3)4)14(17-11-21(5)6)18-12-22(7)8/h9-12H,1-8H3. The van der Waals surface area contributed by atoms with E-state index in [1.54, 1.807) is 25.4 Å². The van der Waals surface area contributed by atoms with Gasteiger partial charge in [-0.2, -0.15) is 0 Å². The lowest BCUT2D eigenvalue weighted by Crippen LogP contribution is -2.11. The predicted octanol–water partition coefficient (Wildman–Crippen LogP) is 0.473. The molecule has 0 saturated carbocycles. The Morgan fingerprint density at radius 1 is 0.455 bits per heavy atom. The van der Waals surface area contributed by atoms with E-state index in [4.69, 9.17) is 0 Å². The summed E-state index contributed by atoms with van der Waals surface area (Å²) in [6.07, 6.45) is 6.66. The monoisotopic (exact) mass is 308 g/mol. The number of nitrogens with zero attached hydrogens (tertiary/aromatic N) is 8. The van der Waals surface area contributed by atoms with E-state index in [9.17, 15) is 0 Å². The van der Waals surface area contributed by atoms with Crippen LogP contribution in [0, 0.1) is 0 Å². The second-order valence-corrected chi connectivity index (χ2v) is 5.48. The van der Waals surface area contributed by atoms with Crippen molar-refractivity contribution in [1.29, 1.82) is 0 Å². The Morgan fingerprint density at radius 2 is 0.636 bits per heavy atom. The molecule has 0 spiro atoms. The fourth-order valence-electron chi connectivity index (χ4n) is 0.978. The maximum absolute atomic E-state index is 4.34. The second kappa shape index (κ2) is 10.4. The second-order valence-electron chi connectivity index (χ2n) is 5.48. The van der Waals surface area contributed by atoms with Crippen molar-refractivity contribution < 1.29 is 0 Å². The molecule has 0 aromatic heterocycles. The molecular formula is C14H28N8. The molecule has 0 amide bonds. The maximum Gasteiger partial charge on any atom is 0.200 e. The molecule has 0 aliphatic rings. The summed E-state index contributed by atoms with van der Waals surface area (Å²) in [4.78, 5) is 24.7. The van der Waals surface area contributed by atoms with Gasteiger partial charge in [-0.25, -0.2) is 20.0 Å². The molecule has 0 atom stereocenters. The van der Waals surface area contributed by atoms with Crippen LogP contribution in [0.25, 0.3) is 0 Å². The van der Waals surface area contributed by atoms with Gasteiger partial charge in [0.25, 0.3) is 0 Å². The minimum atomic E-state index is 0.429. The van der Waals surface area contributed by atoms with Crippen LogP contribution in [-0.2, 0) is 0 Å². The predicted molar refractivity (Wildman–Crippen MR) is 95.7 cm³/mol. The van der Waals surface area contributed by atoms with Crippen LogP contribution in [0.1, 0.15) is 0 Å². The van der Waals surface area contributed by atoms with Crippen molar-refractivity contribution in [2.75, 3.05) is 56.4 Å². The Hall–Kier alpha value is -2.38. The quantitative estimate of drug-likeness (QED) is 0.483. The summed E-state index contributed by atoms with van der Waals surface area (Å²) in [5.74, 6) is 0.859. The van der Waals surface area contributed by atoms with Crippen LogP contribution in [-0.4, -0.2) is 101 Å². The van der Waals surface area contributed by atoms with Crippen molar-refractivity contribution in [1.82, 2.24) is 19.6 Å². The third-order valence-corrected chi connectivity index (χ3v) is 1.84. The zero-order chi connectivity index (χ0) is 17.1. The van der Waals surface area contributed by atoms with Crippen molar-refractivity contribution >= 4 is 25.4 Å². The SMILES string of the molecule is CN(C)C=NC(N=CN(C)C)=C(N=CN(C)C)N=CN(C)C. The summed E-state index contributed by atoms with van der Waals surface area (Å²) >= 11 is 0. The van der Waals surface area contributed by atoms with Gasteiger partial charge in [-0.15, -0.1) is 0 Å². The van der Waals surface area contributed by atoms with Gasteiger partial charge in [0, 0.05) is 56.4 Å². The molecule has 0 bridgehead atoms. The molecule has 8 nitrogen and oxygen atoms in total. The molecule has 124 valence electrons. The van der Waals surface area contributed by atoms with E-state index in [0.29, 0.717) is 11.6 Å². The molecule has 8 heteroatoms. The number of rotatable bonds is 8. The molecule has 0 aliphatic carbocycles. The van der Waals surface area contributed by atoms with Crippen LogP contribution >= 0.6 is 0 Å². The molecule has 0 saturated heterocycles. The summed E-state index contributed by atoms with van der Waals surface area (Å²) in [5, 5.41) is 0. The van der Waals surface area contributed by atoms with Crippen LogP contribution < -0.4 is 0 Å². The van der Waals surface area contributed by atoms with Crippen LogP contribution in [0.15, 0.2) is 31.6 Å². The van der Waals surface area contributed by atoms with E-state index >= 15 is 0 Å². The smallest absolute Gasteiger partial charge is 0.200 e. The zero-order valence-corrected chi connectivity index (χ0v) is 14.9. The van der Waals surface area contributed by atoms with E-state index in [2.05, 4.69) is 20.0 Å². The van der Waals surface area contributed by atoms with Crippen LogP contribution in [0.5, 0.6) is 0 Å². The first-order valence-electron chi connectivity index (χ1n) is 6.79. The van der Waals surface area contributed by atoms with Crippen molar-refractivity contribution in [2.24, 2.45) is 20.0 Å². The van der Waals surface area contributed by atoms with E-state index in [-0.39, 0.29) is 0 Å². The topological polar surface area (TPSA) is 62.4 Å². The first-order chi connectivity index (χ1) is 10.2. The van der Waals surface area contributed by atoms with Gasteiger partial charge in [-0.1, -0.05) is 0 Å². The molecule has 0 aromatic rings. The maximum atomic E-state index is 4.34. The highest BCUT2D eigenvalue weighted by Gasteiger charge is 2.02. The van der Waals surface area contributed by atoms with Crippen molar-refractivity contribution in [2.45, 2.75) is 0 Å². The van der Waals surface area contributed by atoms with Gasteiger partial charge in [0.1, 0.15) is 0 Å². The normalized spacial score (nSPS) is 11.8. The lowest BCUT2D eigenvalue weighted by molar-refractivity contribution is 0.633. The van der Waals surface area contributed by atoms with Crippen LogP contribution in [0.4, 0.5) is 0 Å². The Balaban J connectivity index is 5.79. The van der Waals surface area contributed by atoms with Crippen LogP contribution in [0.3, 0.4) is 0 Å². The summed E-state index contributed by atoms with van der Waals surface area (Å²) < 4.78 is 0. The Kier molecular flexibility index (Phi) is 9.24. The lowest BCUT2D eigenvalue weighted by atomic mass is 10.6. The van der Waals surface area contributed by atoms with Gasteiger partial charge in [0.2, 0.25) is 11.6 Å². The minimum absolute atomic E-state index is 0.429. The summed E-state index contributed by atoms with van der Waals surface area (Å²) in [7, 11) is 15.1. The highest BCUT2D eigenvalue weighted by molar-refractivity contribution is 5.63. The zero-order valence-electron chi connectivity index (χ0n) is 14.9. The molecule has 0 unspecified atom stereocenters. The first-order valence-corrected chi connectivity index (χ1v) is 6.79. The summed E-state index contributed by atoms with van der Waals surface area (Å²) in [6, 6.07) is 0. The molecular weight excluding hydrogens is 280 g/mol. The molecule has 0 aliphatic heterocycles. The van der Waals surface area contributed by atoms with E-state index in [1.165, 1.54) is 0 Å². The minimum Gasteiger partial charge on any atom is -0.369 e. The Morgan fingerprint density at radius 3 is 0.773 bits per heavy atom. The van der Waals surface area contributed by atoms with Gasteiger partial charge in [-0.3, -0.25) is 0 Å². The van der Waals surface area contributed by atoms with Crippen LogP contribution in [0.2, 0.25) is 0 Å². The van der Waals surface area contributed by atoms with Gasteiger partial charge in [0.05, 0.1) is 25.4 Å². The fourth-order valence-corrected chi connectivity index (χ4v) is 0.978. The largest absolute Gasteiger partial charge is 0.369 e. The Bertz CT molecular complexity index is 373. The molecule has 0 heterocycles. The molecule has 22 heavy (non-hydrogen) atoms. The molecule has 0 fully saturated rings. The average Bonchev–Trinajstić information content (AvgIpc) is 2.38. The molecule has 0 aromatic carbocycles. The third kappa shape index (κ3) is 10.4. The summed E-state index contributed by atoms with van der Waals surface area (Å²) in [6.45, 7) is 0. The van der Waals surface area contributed by atoms with E-state index in [1.807, 2.05) is 76.0 Å². The summed E-state index contributed by atoms with van der Waals surface area (Å²) in [5.41, 5.74) is 0. The van der Waals surface area contributed by atoms with Gasteiger partial charge >= 0.3 is 0 Å². The van der Waals surface area contributed by atoms with Gasteiger partial charge in [-0.05, 0) is 0 Å². The highest BCUT2D eigenvalue weighted by atomic mass is 15.2. The number of aliphatic imine (C=N–C) groups is 4. The van der Waals surface area contributed by atoms with Gasteiger partial charge < -0.3 is 19.6 Å². The van der Waals surface area contributed by atoms with E-state index < -0.39 is 0 Å². The highest BCUT2D eigenvalue weighted by Crippen LogP contribution is 2.10. The number of hydrogen-bond donors (Lipinski definition) is 0. The van der Waals surface area contributed by atoms with Crippen molar-refractivity contribution in [3.05, 3.63) is 11.6 Å². The molecule has 0 N–H and O–H groups in total. The van der Waals surface area contributed by atoms with Gasteiger partial charge in [0.15, 0.2) is 0 Å². The fraction of sp³-hybridized carbons (Fsp3) is 0.571. The van der Waals surface area contributed by atoms with E-state index in [0.717, 1.165) is 0 Å². The van der Waals surface area contributed by atoms with Crippen molar-refractivity contribution in [3.63, 3.8) is 0 Å². The number of hydrogen-bond acceptors (Lipinski definition) is 4. The lowest BCUT2D eigenvalue weighted by Gasteiger charge is -2.08. The first kappa shape index (κ1) is 19.6. The van der Waals surface area contributed by atoms with Crippen molar-refractivity contribution in [3.8, 4) is 0 Å². The average molecular weight is 308 g/mol.